The number of phenolic OH excluding ortho intramolecular Hbond substituents is 1. The number of phenols is 1. The largest absolute Gasteiger partial charge is 0.504 e. The van der Waals surface area contributed by atoms with Gasteiger partial charge < -0.3 is 9.84 Å². The molecule has 0 saturated carbocycles. The Bertz CT molecular complexity index is 964. The van der Waals surface area contributed by atoms with Crippen LogP contribution < -0.4 is 4.74 Å². The van der Waals surface area contributed by atoms with Crippen LogP contribution in [-0.4, -0.2) is 32.8 Å². The predicted octanol–water partition coefficient (Wildman–Crippen LogP) is 3.73. The second kappa shape index (κ2) is 7.27. The van der Waals surface area contributed by atoms with E-state index in [1.54, 1.807) is 30.5 Å². The lowest BCUT2D eigenvalue weighted by molar-refractivity contribution is 0.318. The van der Waals surface area contributed by atoms with E-state index in [4.69, 9.17) is 17.0 Å². The molecule has 0 atom stereocenters. The van der Waals surface area contributed by atoms with Crippen LogP contribution in [0.15, 0.2) is 47.6 Å². The second-order valence-electron chi connectivity index (χ2n) is 5.08. The molecule has 0 aliphatic rings. The summed E-state index contributed by atoms with van der Waals surface area (Å²) in [6.07, 6.45) is 1.57. The third kappa shape index (κ3) is 3.74. The molecule has 0 unspecified atom stereocenters. The number of ether oxygens (including phenoxy) is 1. The standard InChI is InChI=1S/C17H15FN4O2S/c1-2-24-15-9-11(3-8-14(15)23)10-19-22-16(20-21-17(22)25)12-4-6-13(18)7-5-12/h3-10,23H,2H2,1H3,(H,21,25). The average Bonchev–Trinajstić information content (AvgIpc) is 2.97. The zero-order chi connectivity index (χ0) is 17.8. The number of nitrogens with one attached hydrogen (secondary N) is 1. The maximum Gasteiger partial charge on any atom is 0.216 e. The van der Waals surface area contributed by atoms with Gasteiger partial charge in [-0.25, -0.2) is 9.49 Å². The Hall–Kier alpha value is -3.00. The van der Waals surface area contributed by atoms with E-state index in [0.717, 1.165) is 5.56 Å². The van der Waals surface area contributed by atoms with Gasteiger partial charge in [0.1, 0.15) is 5.82 Å². The van der Waals surface area contributed by atoms with Crippen molar-refractivity contribution in [1.29, 1.82) is 0 Å². The van der Waals surface area contributed by atoms with Crippen LogP contribution in [-0.2, 0) is 0 Å². The Kier molecular flexibility index (Phi) is 4.90. The number of aromatic hydroxyl groups is 1. The molecule has 0 radical (unpaired) electrons. The molecule has 8 heteroatoms. The van der Waals surface area contributed by atoms with E-state index in [1.165, 1.54) is 22.9 Å². The van der Waals surface area contributed by atoms with Gasteiger partial charge in [-0.2, -0.15) is 14.9 Å². The van der Waals surface area contributed by atoms with E-state index in [2.05, 4.69) is 15.3 Å². The van der Waals surface area contributed by atoms with Crippen molar-refractivity contribution in [3.8, 4) is 22.9 Å². The van der Waals surface area contributed by atoms with Crippen LogP contribution in [0.5, 0.6) is 11.5 Å². The molecule has 2 N–H and O–H groups in total. The fraction of sp³-hybridized carbons (Fsp3) is 0.118. The molecule has 25 heavy (non-hydrogen) atoms. The van der Waals surface area contributed by atoms with Crippen LogP contribution >= 0.6 is 12.2 Å². The first-order valence-corrected chi connectivity index (χ1v) is 7.93. The number of hydrogen-bond donors (Lipinski definition) is 2. The maximum absolute atomic E-state index is 13.1. The molecule has 1 heterocycles. The summed E-state index contributed by atoms with van der Waals surface area (Å²) in [6, 6.07) is 10.8. The van der Waals surface area contributed by atoms with E-state index in [-0.39, 0.29) is 11.6 Å². The van der Waals surface area contributed by atoms with Crippen LogP contribution in [0.1, 0.15) is 12.5 Å². The van der Waals surface area contributed by atoms with Gasteiger partial charge in [-0.3, -0.25) is 0 Å². The highest BCUT2D eigenvalue weighted by atomic mass is 32.1. The number of nitrogens with zero attached hydrogens (tertiary/aromatic N) is 3. The minimum Gasteiger partial charge on any atom is -0.504 e. The van der Waals surface area contributed by atoms with Crippen molar-refractivity contribution in [2.45, 2.75) is 6.92 Å². The average molecular weight is 358 g/mol. The van der Waals surface area contributed by atoms with E-state index < -0.39 is 0 Å². The Morgan fingerprint density at radius 3 is 2.80 bits per heavy atom. The summed E-state index contributed by atoms with van der Waals surface area (Å²) in [5.41, 5.74) is 1.39. The van der Waals surface area contributed by atoms with Crippen molar-refractivity contribution in [3.05, 3.63) is 58.6 Å². The van der Waals surface area contributed by atoms with Gasteiger partial charge >= 0.3 is 0 Å². The van der Waals surface area contributed by atoms with Crippen LogP contribution in [0.25, 0.3) is 11.4 Å². The summed E-state index contributed by atoms with van der Waals surface area (Å²) in [4.78, 5) is 0. The molecule has 3 aromatic rings. The lowest BCUT2D eigenvalue weighted by Crippen LogP contribution is -1.96. The van der Waals surface area contributed by atoms with Crippen molar-refractivity contribution in [2.75, 3.05) is 6.61 Å². The Morgan fingerprint density at radius 1 is 1.32 bits per heavy atom. The zero-order valence-electron chi connectivity index (χ0n) is 13.3. The fourth-order valence-corrected chi connectivity index (χ4v) is 2.37. The molecule has 0 amide bonds. The molecular weight excluding hydrogens is 343 g/mol. The highest BCUT2D eigenvalue weighted by Gasteiger charge is 2.08. The van der Waals surface area contributed by atoms with E-state index in [0.29, 0.717) is 28.5 Å². The van der Waals surface area contributed by atoms with Crippen molar-refractivity contribution in [2.24, 2.45) is 5.10 Å². The monoisotopic (exact) mass is 358 g/mol. The number of rotatable bonds is 5. The molecule has 0 bridgehead atoms. The van der Waals surface area contributed by atoms with Gasteiger partial charge in [0.15, 0.2) is 17.3 Å². The molecule has 0 spiro atoms. The van der Waals surface area contributed by atoms with Gasteiger partial charge in [0.25, 0.3) is 0 Å². The van der Waals surface area contributed by atoms with Crippen LogP contribution in [0.2, 0.25) is 0 Å². The van der Waals surface area contributed by atoms with Gasteiger partial charge in [0.05, 0.1) is 12.8 Å². The molecule has 128 valence electrons. The first kappa shape index (κ1) is 16.8. The van der Waals surface area contributed by atoms with Crippen molar-refractivity contribution < 1.29 is 14.2 Å². The molecule has 3 rings (SSSR count). The van der Waals surface area contributed by atoms with Crippen LogP contribution in [0.3, 0.4) is 0 Å². The smallest absolute Gasteiger partial charge is 0.216 e. The van der Waals surface area contributed by atoms with Gasteiger partial charge in [-0.15, -0.1) is 0 Å². The topological polar surface area (TPSA) is 75.4 Å². The molecule has 6 nitrogen and oxygen atoms in total. The van der Waals surface area contributed by atoms with Crippen molar-refractivity contribution in [1.82, 2.24) is 14.9 Å². The van der Waals surface area contributed by atoms with Gasteiger partial charge in [-0.1, -0.05) is 0 Å². The maximum atomic E-state index is 13.1. The highest BCUT2D eigenvalue weighted by molar-refractivity contribution is 7.71. The summed E-state index contributed by atoms with van der Waals surface area (Å²) in [5.74, 6) is 0.567. The van der Waals surface area contributed by atoms with E-state index in [9.17, 15) is 9.50 Å². The minimum absolute atomic E-state index is 0.0610. The van der Waals surface area contributed by atoms with Crippen LogP contribution in [0, 0.1) is 10.6 Å². The summed E-state index contributed by atoms with van der Waals surface area (Å²) in [6.45, 7) is 2.27. The molecule has 0 aliphatic heterocycles. The highest BCUT2D eigenvalue weighted by Crippen LogP contribution is 2.26. The number of H-pyrrole nitrogens is 1. The molecule has 0 saturated heterocycles. The Labute approximate surface area is 148 Å². The molecular formula is C17H15FN4O2S. The number of aromatic nitrogens is 3. The van der Waals surface area contributed by atoms with E-state index in [1.807, 2.05) is 6.92 Å². The fourth-order valence-electron chi connectivity index (χ4n) is 2.19. The quantitative estimate of drug-likeness (QED) is 0.538. The SMILES string of the molecule is CCOc1cc(C=Nn2c(-c3ccc(F)cc3)n[nH]c2=S)ccc1O. The van der Waals surface area contributed by atoms with Gasteiger partial charge in [0, 0.05) is 5.56 Å². The van der Waals surface area contributed by atoms with Crippen molar-refractivity contribution >= 4 is 18.4 Å². The number of halogens is 1. The Morgan fingerprint density at radius 2 is 2.08 bits per heavy atom. The van der Waals surface area contributed by atoms with Gasteiger partial charge in [-0.05, 0) is 67.2 Å². The predicted molar refractivity (Wildman–Crippen MR) is 95.1 cm³/mol. The van der Waals surface area contributed by atoms with Crippen molar-refractivity contribution in [3.63, 3.8) is 0 Å². The minimum atomic E-state index is -0.333. The Balaban J connectivity index is 1.94. The lowest BCUT2D eigenvalue weighted by Gasteiger charge is -2.06. The first-order chi connectivity index (χ1) is 12.1. The molecule has 2 aromatic carbocycles. The molecule has 0 fully saturated rings. The summed E-state index contributed by atoms with van der Waals surface area (Å²) < 4.78 is 20.2. The second-order valence-corrected chi connectivity index (χ2v) is 5.46. The summed E-state index contributed by atoms with van der Waals surface area (Å²) in [5, 5.41) is 20.9. The van der Waals surface area contributed by atoms with E-state index >= 15 is 0 Å². The lowest BCUT2D eigenvalue weighted by atomic mass is 10.2. The van der Waals surface area contributed by atoms with Crippen LogP contribution in [0.4, 0.5) is 4.39 Å². The summed E-state index contributed by atoms with van der Waals surface area (Å²) >= 11 is 5.19. The summed E-state index contributed by atoms with van der Waals surface area (Å²) in [7, 11) is 0. The molecule has 0 aliphatic carbocycles. The third-order valence-corrected chi connectivity index (χ3v) is 3.62. The van der Waals surface area contributed by atoms with Gasteiger partial charge in [0.2, 0.25) is 4.77 Å². The third-order valence-electron chi connectivity index (χ3n) is 3.36. The first-order valence-electron chi connectivity index (χ1n) is 7.52. The molecule has 1 aromatic heterocycles. The normalized spacial score (nSPS) is 11.1. The zero-order valence-corrected chi connectivity index (χ0v) is 14.1. The number of hydrogen-bond acceptors (Lipinski definition) is 5. The number of benzene rings is 2. The number of aromatic amines is 1.